The van der Waals surface area contributed by atoms with Gasteiger partial charge in [-0.05, 0) is 31.3 Å². The van der Waals surface area contributed by atoms with Crippen molar-refractivity contribution < 1.29 is 9.53 Å². The van der Waals surface area contributed by atoms with E-state index in [1.165, 1.54) is 0 Å². The van der Waals surface area contributed by atoms with Crippen molar-refractivity contribution in [1.29, 1.82) is 0 Å². The van der Waals surface area contributed by atoms with E-state index in [0.717, 1.165) is 26.2 Å². The number of carbonyl (C=O) groups is 1. The van der Waals surface area contributed by atoms with Crippen molar-refractivity contribution in [2.45, 2.75) is 13.3 Å². The number of nitrogens with zero attached hydrogens (tertiary/aromatic N) is 6. The zero-order chi connectivity index (χ0) is 21.6. The SMILES string of the molecule is CCc1nc(Oc2ncccc2C(=O)Nc2ccccc2)nc(N2CCN(C)CC2)n1. The number of hydrogen-bond acceptors (Lipinski definition) is 8. The summed E-state index contributed by atoms with van der Waals surface area (Å²) in [4.78, 5) is 34.9. The highest BCUT2D eigenvalue weighted by Crippen LogP contribution is 2.23. The van der Waals surface area contributed by atoms with Crippen LogP contribution in [0.3, 0.4) is 0 Å². The Morgan fingerprint density at radius 2 is 1.81 bits per heavy atom. The largest absolute Gasteiger partial charge is 0.404 e. The predicted molar refractivity (Wildman–Crippen MR) is 118 cm³/mol. The first-order chi connectivity index (χ1) is 15.1. The second-order valence-electron chi connectivity index (χ2n) is 7.26. The summed E-state index contributed by atoms with van der Waals surface area (Å²) in [5.74, 6) is 1.04. The number of rotatable bonds is 6. The Balaban J connectivity index is 1.58. The van der Waals surface area contributed by atoms with Gasteiger partial charge < -0.3 is 19.9 Å². The second kappa shape index (κ2) is 9.48. The molecule has 1 saturated heterocycles. The van der Waals surface area contributed by atoms with Gasteiger partial charge in [-0.2, -0.15) is 15.0 Å². The molecule has 9 nitrogen and oxygen atoms in total. The lowest BCUT2D eigenvalue weighted by Crippen LogP contribution is -2.45. The van der Waals surface area contributed by atoms with Crippen molar-refractivity contribution in [2.24, 2.45) is 0 Å². The van der Waals surface area contributed by atoms with Crippen LogP contribution >= 0.6 is 0 Å². The van der Waals surface area contributed by atoms with E-state index in [-0.39, 0.29) is 17.8 Å². The molecule has 1 N–H and O–H groups in total. The van der Waals surface area contributed by atoms with Gasteiger partial charge in [-0.25, -0.2) is 4.98 Å². The van der Waals surface area contributed by atoms with Crippen molar-refractivity contribution in [3.8, 4) is 11.9 Å². The van der Waals surface area contributed by atoms with E-state index in [4.69, 9.17) is 4.74 Å². The number of amides is 1. The first kappa shape index (κ1) is 20.7. The highest BCUT2D eigenvalue weighted by Gasteiger charge is 2.20. The number of ether oxygens (including phenoxy) is 1. The van der Waals surface area contributed by atoms with Gasteiger partial charge in [0.1, 0.15) is 11.4 Å². The Kier molecular flexibility index (Phi) is 6.32. The van der Waals surface area contributed by atoms with Crippen LogP contribution in [0.25, 0.3) is 0 Å². The Morgan fingerprint density at radius 3 is 2.55 bits per heavy atom. The van der Waals surface area contributed by atoms with Gasteiger partial charge in [0.2, 0.25) is 11.8 Å². The summed E-state index contributed by atoms with van der Waals surface area (Å²) in [6.45, 7) is 5.52. The van der Waals surface area contributed by atoms with Gasteiger partial charge in [-0.15, -0.1) is 0 Å². The molecular weight excluding hydrogens is 394 g/mol. The minimum Gasteiger partial charge on any atom is -0.404 e. The van der Waals surface area contributed by atoms with Crippen LogP contribution in [0.4, 0.5) is 11.6 Å². The number of para-hydroxylation sites is 1. The van der Waals surface area contributed by atoms with Gasteiger partial charge in [0, 0.05) is 44.5 Å². The lowest BCUT2D eigenvalue weighted by molar-refractivity contribution is 0.102. The molecule has 0 aliphatic carbocycles. The fourth-order valence-electron chi connectivity index (χ4n) is 3.19. The number of carbonyl (C=O) groups excluding carboxylic acids is 1. The van der Waals surface area contributed by atoms with E-state index in [1.54, 1.807) is 18.3 Å². The molecule has 1 amide bonds. The maximum atomic E-state index is 12.8. The number of hydrogen-bond donors (Lipinski definition) is 1. The molecule has 31 heavy (non-hydrogen) atoms. The number of aryl methyl sites for hydroxylation is 1. The Labute approximate surface area is 181 Å². The van der Waals surface area contributed by atoms with Gasteiger partial charge >= 0.3 is 6.01 Å². The summed E-state index contributed by atoms with van der Waals surface area (Å²) in [5, 5.41) is 2.85. The average Bonchev–Trinajstić information content (AvgIpc) is 2.80. The van der Waals surface area contributed by atoms with E-state index in [9.17, 15) is 4.79 Å². The smallest absolute Gasteiger partial charge is 0.328 e. The monoisotopic (exact) mass is 419 g/mol. The van der Waals surface area contributed by atoms with E-state index in [1.807, 2.05) is 37.3 Å². The van der Waals surface area contributed by atoms with Crippen molar-refractivity contribution in [2.75, 3.05) is 43.4 Å². The average molecular weight is 419 g/mol. The molecule has 160 valence electrons. The normalized spacial score (nSPS) is 14.3. The minimum absolute atomic E-state index is 0.133. The maximum absolute atomic E-state index is 12.8. The number of pyridine rings is 1. The van der Waals surface area contributed by atoms with Crippen molar-refractivity contribution in [3.05, 3.63) is 60.0 Å². The van der Waals surface area contributed by atoms with Crippen molar-refractivity contribution >= 4 is 17.5 Å². The number of aromatic nitrogens is 4. The minimum atomic E-state index is -0.321. The molecule has 0 spiro atoms. The summed E-state index contributed by atoms with van der Waals surface area (Å²) < 4.78 is 5.89. The summed E-state index contributed by atoms with van der Waals surface area (Å²) in [7, 11) is 2.10. The van der Waals surface area contributed by atoms with Gasteiger partial charge in [0.15, 0.2) is 0 Å². The van der Waals surface area contributed by atoms with Crippen LogP contribution in [-0.4, -0.2) is 64.0 Å². The van der Waals surface area contributed by atoms with E-state index >= 15 is 0 Å². The van der Waals surface area contributed by atoms with Crippen LogP contribution in [0.2, 0.25) is 0 Å². The Bertz CT molecular complexity index is 1040. The third kappa shape index (κ3) is 5.13. The molecule has 3 aromatic rings. The number of benzene rings is 1. The van der Waals surface area contributed by atoms with Crippen molar-refractivity contribution in [1.82, 2.24) is 24.8 Å². The molecule has 0 radical (unpaired) electrons. The van der Waals surface area contributed by atoms with Gasteiger partial charge in [-0.1, -0.05) is 25.1 Å². The predicted octanol–water partition coefficient (Wildman–Crippen LogP) is 2.63. The zero-order valence-electron chi connectivity index (χ0n) is 17.7. The molecule has 0 saturated carbocycles. The molecule has 0 atom stereocenters. The Hall–Kier alpha value is -3.59. The molecule has 1 aliphatic heterocycles. The standard InChI is InChI=1S/C22H25N7O2/c1-3-18-25-21(29-14-12-28(2)13-15-29)27-22(26-18)31-20-17(10-7-11-23-20)19(30)24-16-8-5-4-6-9-16/h4-11H,3,12-15H2,1-2H3,(H,24,30). The molecule has 9 heteroatoms. The molecule has 1 aromatic carbocycles. The third-order valence-electron chi connectivity index (χ3n) is 4.99. The lowest BCUT2D eigenvalue weighted by atomic mass is 10.2. The number of nitrogens with one attached hydrogen (secondary N) is 1. The Morgan fingerprint density at radius 1 is 1.03 bits per heavy atom. The summed E-state index contributed by atoms with van der Waals surface area (Å²) in [6, 6.07) is 12.7. The number of likely N-dealkylation sites (N-methyl/N-ethyl adjacent to an activating group) is 1. The van der Waals surface area contributed by atoms with Crippen LogP contribution in [0.1, 0.15) is 23.1 Å². The van der Waals surface area contributed by atoms with E-state index in [2.05, 4.69) is 42.1 Å². The van der Waals surface area contributed by atoms with E-state index < -0.39 is 0 Å². The van der Waals surface area contributed by atoms with Crippen LogP contribution in [0, 0.1) is 0 Å². The summed E-state index contributed by atoms with van der Waals surface area (Å²) in [5.41, 5.74) is 0.985. The summed E-state index contributed by atoms with van der Waals surface area (Å²) >= 11 is 0. The first-order valence-electron chi connectivity index (χ1n) is 10.3. The van der Waals surface area contributed by atoms with Crippen LogP contribution in [-0.2, 0) is 6.42 Å². The molecule has 1 fully saturated rings. The quantitative estimate of drug-likeness (QED) is 0.651. The molecule has 1 aliphatic rings. The van der Waals surface area contributed by atoms with Crippen LogP contribution in [0.5, 0.6) is 11.9 Å². The molecular formula is C22H25N7O2. The van der Waals surface area contributed by atoms with Gasteiger partial charge in [0.25, 0.3) is 5.91 Å². The van der Waals surface area contributed by atoms with Gasteiger partial charge in [0.05, 0.1) is 0 Å². The number of piperazine rings is 1. The zero-order valence-corrected chi connectivity index (χ0v) is 17.7. The highest BCUT2D eigenvalue weighted by atomic mass is 16.5. The second-order valence-corrected chi connectivity index (χ2v) is 7.26. The third-order valence-corrected chi connectivity index (χ3v) is 4.99. The van der Waals surface area contributed by atoms with Crippen LogP contribution in [0.15, 0.2) is 48.7 Å². The van der Waals surface area contributed by atoms with Crippen molar-refractivity contribution in [3.63, 3.8) is 0 Å². The molecule has 0 bridgehead atoms. The summed E-state index contributed by atoms with van der Waals surface area (Å²) in [6.07, 6.45) is 2.21. The molecule has 2 aromatic heterocycles. The topological polar surface area (TPSA) is 96.4 Å². The molecule has 0 unspecified atom stereocenters. The van der Waals surface area contributed by atoms with Gasteiger partial charge in [-0.3, -0.25) is 4.79 Å². The first-order valence-corrected chi connectivity index (χ1v) is 10.3. The maximum Gasteiger partial charge on any atom is 0.328 e. The fourth-order valence-corrected chi connectivity index (χ4v) is 3.19. The number of anilines is 2. The lowest BCUT2D eigenvalue weighted by Gasteiger charge is -2.32. The molecule has 4 rings (SSSR count). The molecule has 3 heterocycles. The fraction of sp³-hybridized carbons (Fsp3) is 0.318. The van der Waals surface area contributed by atoms with E-state index in [0.29, 0.717) is 29.4 Å². The highest BCUT2D eigenvalue weighted by molar-refractivity contribution is 6.05. The van der Waals surface area contributed by atoms with Crippen LogP contribution < -0.4 is 15.0 Å².